The molecule has 0 aromatic heterocycles. The van der Waals surface area contributed by atoms with Crippen molar-refractivity contribution in [1.29, 1.82) is 0 Å². The average molecular weight is 362 g/mol. The maximum Gasteiger partial charge on any atom is 0.211 e. The van der Waals surface area contributed by atoms with Gasteiger partial charge in [0.05, 0.1) is 0 Å². The van der Waals surface area contributed by atoms with Crippen molar-refractivity contribution in [1.82, 2.24) is 0 Å². The molecule has 8 atom stereocenters. The molecule has 4 aliphatic carbocycles. The van der Waals surface area contributed by atoms with Crippen molar-refractivity contribution in [3.05, 3.63) is 23.8 Å². The fourth-order valence-corrected chi connectivity index (χ4v) is 7.10. The van der Waals surface area contributed by atoms with E-state index in [9.17, 15) is 19.8 Å². The highest BCUT2D eigenvalue weighted by atomic mass is 19.2. The quantitative estimate of drug-likeness (QED) is 0.741. The highest BCUT2D eigenvalue weighted by Crippen LogP contribution is 2.69. The van der Waals surface area contributed by atoms with Gasteiger partial charge in [0.15, 0.2) is 5.78 Å². The number of aldehydes is 1. The lowest BCUT2D eigenvalue weighted by Gasteiger charge is -2.60. The van der Waals surface area contributed by atoms with Gasteiger partial charge in [-0.2, -0.15) is 0 Å². The molecular weight excluding hydrogens is 335 g/mol. The largest absolute Gasteiger partial charge is 0.385 e. The monoisotopic (exact) mass is 362 g/mol. The van der Waals surface area contributed by atoms with Crippen molar-refractivity contribution in [2.45, 2.75) is 57.9 Å². The Balaban J connectivity index is 1.77. The van der Waals surface area contributed by atoms with Crippen molar-refractivity contribution in [2.24, 2.45) is 34.5 Å². The third-order valence-electron chi connectivity index (χ3n) is 8.08. The number of aliphatic hydroxyl groups excluding tert-OH is 1. The van der Waals surface area contributed by atoms with Gasteiger partial charge in [-0.25, -0.2) is 4.39 Å². The maximum absolute atomic E-state index is 15.8. The van der Waals surface area contributed by atoms with Crippen LogP contribution in [0.2, 0.25) is 0 Å². The van der Waals surface area contributed by atoms with Gasteiger partial charge in [-0.05, 0) is 61.0 Å². The number of aliphatic hydroxyl groups is 2. The predicted octanol–water partition coefficient (Wildman–Crippen LogP) is 2.74. The van der Waals surface area contributed by atoms with Crippen LogP contribution in [0.1, 0.15) is 46.0 Å². The number of fused-ring (bicyclic) bond motifs is 5. The first-order chi connectivity index (χ1) is 12.1. The van der Waals surface area contributed by atoms with Gasteiger partial charge in [-0.15, -0.1) is 0 Å². The molecular formula is C21H27FO4. The van der Waals surface area contributed by atoms with E-state index in [4.69, 9.17) is 0 Å². The molecule has 4 aliphatic rings. The summed E-state index contributed by atoms with van der Waals surface area (Å²) in [5.41, 5.74) is -0.354. The van der Waals surface area contributed by atoms with E-state index in [2.05, 4.69) is 0 Å². The second-order valence-electron chi connectivity index (χ2n) is 9.29. The van der Waals surface area contributed by atoms with Crippen LogP contribution < -0.4 is 0 Å². The zero-order valence-corrected chi connectivity index (χ0v) is 15.3. The van der Waals surface area contributed by atoms with Crippen molar-refractivity contribution in [3.8, 4) is 0 Å². The number of halogens is 1. The lowest BCUT2D eigenvalue weighted by atomic mass is 9.46. The standard InChI is InChI=1S/C21H27FO4/c1-19-8-7-13(24)9-12(19)3-4-14-15-5-6-16(17(25)10-23)20(15,2)11-21(22,26)18(14)19/h7-10,14-18,25-26H,3-6,11H2,1-2H3/t14-,15-,16?,17?,18-,19-,20-,21?/m0/s1. The van der Waals surface area contributed by atoms with E-state index in [-0.39, 0.29) is 30.0 Å². The topological polar surface area (TPSA) is 74.6 Å². The minimum absolute atomic E-state index is 0.0346. The summed E-state index contributed by atoms with van der Waals surface area (Å²) in [7, 11) is 0. The molecule has 26 heavy (non-hydrogen) atoms. The minimum atomic E-state index is -2.40. The Morgan fingerprint density at radius 1 is 1.31 bits per heavy atom. The highest BCUT2D eigenvalue weighted by Gasteiger charge is 2.67. The molecule has 3 unspecified atom stereocenters. The van der Waals surface area contributed by atoms with Crippen LogP contribution in [0, 0.1) is 34.5 Å². The van der Waals surface area contributed by atoms with Crippen molar-refractivity contribution in [2.75, 3.05) is 0 Å². The third kappa shape index (κ3) is 2.26. The molecule has 0 aromatic carbocycles. The first kappa shape index (κ1) is 18.1. The molecule has 2 N–H and O–H groups in total. The molecule has 0 amide bonds. The number of rotatable bonds is 2. The molecule has 0 heterocycles. The van der Waals surface area contributed by atoms with E-state index in [0.717, 1.165) is 24.8 Å². The van der Waals surface area contributed by atoms with Crippen LogP contribution in [-0.4, -0.2) is 34.2 Å². The smallest absolute Gasteiger partial charge is 0.211 e. The lowest BCUT2D eigenvalue weighted by molar-refractivity contribution is -0.250. The van der Waals surface area contributed by atoms with Crippen LogP contribution in [0.4, 0.5) is 4.39 Å². The molecule has 142 valence electrons. The number of hydrogen-bond acceptors (Lipinski definition) is 4. The van der Waals surface area contributed by atoms with Gasteiger partial charge in [0.1, 0.15) is 12.4 Å². The Bertz CT molecular complexity index is 711. The summed E-state index contributed by atoms with van der Waals surface area (Å²) in [5.74, 6) is -3.28. The van der Waals surface area contributed by atoms with Crippen LogP contribution in [-0.2, 0) is 9.59 Å². The van der Waals surface area contributed by atoms with Gasteiger partial charge in [0.2, 0.25) is 5.85 Å². The summed E-state index contributed by atoms with van der Waals surface area (Å²) in [6.07, 6.45) is 7.18. The molecule has 0 saturated heterocycles. The van der Waals surface area contributed by atoms with Crippen LogP contribution in [0.5, 0.6) is 0 Å². The van der Waals surface area contributed by atoms with Crippen molar-refractivity contribution >= 4 is 12.1 Å². The third-order valence-corrected chi connectivity index (χ3v) is 8.08. The van der Waals surface area contributed by atoms with Gasteiger partial charge in [0.25, 0.3) is 0 Å². The van der Waals surface area contributed by atoms with Crippen molar-refractivity contribution < 1.29 is 24.2 Å². The van der Waals surface area contributed by atoms with Crippen LogP contribution >= 0.6 is 0 Å². The van der Waals surface area contributed by atoms with E-state index >= 15 is 4.39 Å². The molecule has 5 heteroatoms. The normalized spacial score (nSPS) is 51.1. The Morgan fingerprint density at radius 3 is 2.73 bits per heavy atom. The van der Waals surface area contributed by atoms with E-state index in [1.165, 1.54) is 6.08 Å². The van der Waals surface area contributed by atoms with E-state index in [1.54, 1.807) is 12.2 Å². The second-order valence-corrected chi connectivity index (χ2v) is 9.29. The summed E-state index contributed by atoms with van der Waals surface area (Å²) < 4.78 is 15.8. The van der Waals surface area contributed by atoms with Crippen LogP contribution in [0.25, 0.3) is 0 Å². The van der Waals surface area contributed by atoms with Crippen LogP contribution in [0.3, 0.4) is 0 Å². The SMILES string of the molecule is C[C@]12C=CC(=O)C=C1CC[C@@H]1[C@@H]2C(O)(F)C[C@]2(C)C(C(O)C=O)CC[C@@H]12. The molecule has 0 bridgehead atoms. The van der Waals surface area contributed by atoms with Gasteiger partial charge in [-0.3, -0.25) is 4.79 Å². The molecule has 0 radical (unpaired) electrons. The zero-order chi connectivity index (χ0) is 18.9. The Morgan fingerprint density at radius 2 is 2.04 bits per heavy atom. The van der Waals surface area contributed by atoms with Gasteiger partial charge < -0.3 is 15.0 Å². The average Bonchev–Trinajstić information content (AvgIpc) is 2.89. The van der Waals surface area contributed by atoms with Crippen molar-refractivity contribution in [3.63, 3.8) is 0 Å². The molecule has 4 rings (SSSR count). The predicted molar refractivity (Wildman–Crippen MR) is 93.6 cm³/mol. The van der Waals surface area contributed by atoms with E-state index in [0.29, 0.717) is 12.7 Å². The summed E-state index contributed by atoms with van der Waals surface area (Å²) in [6, 6.07) is 0. The fraction of sp³-hybridized carbons (Fsp3) is 0.714. The minimum Gasteiger partial charge on any atom is -0.385 e. The highest BCUT2D eigenvalue weighted by molar-refractivity contribution is 6.01. The van der Waals surface area contributed by atoms with E-state index < -0.39 is 28.7 Å². The van der Waals surface area contributed by atoms with Gasteiger partial charge in [-0.1, -0.05) is 25.5 Å². The van der Waals surface area contributed by atoms with Gasteiger partial charge >= 0.3 is 0 Å². The molecule has 0 aliphatic heterocycles. The number of ketones is 1. The molecule has 3 fully saturated rings. The summed E-state index contributed by atoms with van der Waals surface area (Å²) >= 11 is 0. The first-order valence-corrected chi connectivity index (χ1v) is 9.62. The number of allylic oxidation sites excluding steroid dienone is 4. The number of carbonyl (C=O) groups excluding carboxylic acids is 2. The fourth-order valence-electron chi connectivity index (χ4n) is 7.10. The summed E-state index contributed by atoms with van der Waals surface area (Å²) in [6.45, 7) is 3.86. The summed E-state index contributed by atoms with van der Waals surface area (Å²) in [4.78, 5) is 23.0. The molecule has 0 spiro atoms. The van der Waals surface area contributed by atoms with Crippen LogP contribution in [0.15, 0.2) is 23.8 Å². The molecule has 0 aromatic rings. The Kier molecular flexibility index (Phi) is 3.88. The lowest BCUT2D eigenvalue weighted by Crippen LogP contribution is -2.61. The number of hydrogen-bond donors (Lipinski definition) is 2. The molecule has 4 nitrogen and oxygen atoms in total. The second kappa shape index (κ2) is 5.59. The molecule has 3 saturated carbocycles. The Hall–Kier alpha value is -1.33. The van der Waals surface area contributed by atoms with E-state index in [1.807, 2.05) is 13.8 Å². The summed E-state index contributed by atoms with van der Waals surface area (Å²) in [5, 5.41) is 21.1. The maximum atomic E-state index is 15.8. The van der Waals surface area contributed by atoms with Gasteiger partial charge in [0, 0.05) is 17.8 Å². The Labute approximate surface area is 153 Å². The zero-order valence-electron chi connectivity index (χ0n) is 15.3. The number of alkyl halides is 1. The first-order valence-electron chi connectivity index (χ1n) is 9.62. The number of carbonyl (C=O) groups is 2.